The van der Waals surface area contributed by atoms with Crippen molar-refractivity contribution in [3.63, 3.8) is 0 Å². The minimum absolute atomic E-state index is 0.0573. The Morgan fingerprint density at radius 2 is 1.83 bits per heavy atom. The van der Waals surface area contributed by atoms with Crippen molar-refractivity contribution in [3.05, 3.63) is 24.3 Å². The summed E-state index contributed by atoms with van der Waals surface area (Å²) in [6, 6.07) is 5.58. The zero-order valence-electron chi connectivity index (χ0n) is 16.5. The van der Waals surface area contributed by atoms with Crippen LogP contribution >= 0.6 is 0 Å². The van der Waals surface area contributed by atoms with Crippen LogP contribution in [0.1, 0.15) is 19.8 Å². The van der Waals surface area contributed by atoms with Crippen molar-refractivity contribution in [3.8, 4) is 5.75 Å². The molecule has 11 nitrogen and oxygen atoms in total. The van der Waals surface area contributed by atoms with Gasteiger partial charge in [-0.1, -0.05) is 0 Å². The molecular weight excluding hydrogens is 406 g/mol. The molecule has 4 N–H and O–H groups in total. The van der Waals surface area contributed by atoms with Crippen LogP contribution in [0.5, 0.6) is 5.75 Å². The molecule has 0 saturated carbocycles. The highest BCUT2D eigenvalue weighted by molar-refractivity contribution is 7.89. The minimum Gasteiger partial charge on any atom is -0.497 e. The third-order valence-corrected chi connectivity index (χ3v) is 5.81. The molecule has 164 valence electrons. The maximum Gasteiger partial charge on any atom is 0.406 e. The summed E-state index contributed by atoms with van der Waals surface area (Å²) in [4.78, 5) is 22.1. The first-order valence-corrected chi connectivity index (χ1v) is 10.3. The topological polar surface area (TPSA) is 154 Å². The molecule has 0 aliphatic rings. The number of unbranched alkanes of at least 4 members (excludes halogenated alkanes) is 1. The van der Waals surface area contributed by atoms with E-state index >= 15 is 0 Å². The number of methoxy groups -OCH3 is 1. The second-order valence-corrected chi connectivity index (χ2v) is 7.91. The Hall–Kier alpha value is -2.57. The lowest BCUT2D eigenvalue weighted by Gasteiger charge is -2.32. The summed E-state index contributed by atoms with van der Waals surface area (Å²) < 4.78 is 37.0. The van der Waals surface area contributed by atoms with E-state index in [1.807, 2.05) is 5.32 Å². The molecule has 0 saturated heterocycles. The predicted octanol–water partition coefficient (Wildman–Crippen LogP) is 0.797. The van der Waals surface area contributed by atoms with Crippen LogP contribution in [-0.2, 0) is 14.8 Å². The first-order valence-electron chi connectivity index (χ1n) is 8.81. The molecule has 0 radical (unpaired) electrons. The number of carbonyl (C=O) groups excluding carboxylic acids is 1. The first kappa shape index (κ1) is 24.5. The van der Waals surface area contributed by atoms with Crippen molar-refractivity contribution in [2.45, 2.75) is 36.9 Å². The number of nitrogens with one attached hydrogen (secondary N) is 2. The van der Waals surface area contributed by atoms with Crippen LogP contribution in [0.25, 0.3) is 0 Å². The number of hydrogen-bond acceptors (Lipinski definition) is 7. The van der Waals surface area contributed by atoms with Crippen LogP contribution in [0.4, 0.5) is 9.59 Å². The smallest absolute Gasteiger partial charge is 0.406 e. The van der Waals surface area contributed by atoms with Gasteiger partial charge in [0.05, 0.1) is 24.7 Å². The van der Waals surface area contributed by atoms with E-state index in [-0.39, 0.29) is 24.5 Å². The molecule has 0 aliphatic carbocycles. The van der Waals surface area contributed by atoms with Gasteiger partial charge in [-0.3, -0.25) is 0 Å². The van der Waals surface area contributed by atoms with Gasteiger partial charge in [0.15, 0.2) is 0 Å². The molecule has 0 spiro atoms. The summed E-state index contributed by atoms with van der Waals surface area (Å²) in [5.74, 6) is 0.456. The lowest BCUT2D eigenvalue weighted by Crippen LogP contribution is -2.56. The molecule has 0 fully saturated rings. The normalized spacial score (nSPS) is 13.4. The highest BCUT2D eigenvalue weighted by Crippen LogP contribution is 2.22. The second kappa shape index (κ2) is 11.4. The highest BCUT2D eigenvalue weighted by Gasteiger charge is 2.35. The van der Waals surface area contributed by atoms with Crippen LogP contribution in [0.15, 0.2) is 29.2 Å². The fraction of sp³-hybridized carbons (Fsp3) is 0.529. The van der Waals surface area contributed by atoms with E-state index in [2.05, 4.69) is 5.32 Å². The number of carbonyl (C=O) groups is 2. The summed E-state index contributed by atoms with van der Waals surface area (Å²) in [6.07, 6.45) is -4.21. The number of hydrogen-bond donors (Lipinski definition) is 4. The van der Waals surface area contributed by atoms with E-state index in [1.165, 1.54) is 45.3 Å². The highest BCUT2D eigenvalue weighted by atomic mass is 32.2. The maximum absolute atomic E-state index is 13.1. The summed E-state index contributed by atoms with van der Waals surface area (Å²) >= 11 is 0. The second-order valence-electron chi connectivity index (χ2n) is 6.02. The van der Waals surface area contributed by atoms with Crippen LogP contribution in [-0.4, -0.2) is 74.7 Å². The fourth-order valence-corrected chi connectivity index (χ4v) is 4.11. The molecule has 0 aromatic heterocycles. The zero-order chi connectivity index (χ0) is 22.0. The zero-order valence-corrected chi connectivity index (χ0v) is 17.3. The Morgan fingerprint density at radius 1 is 1.21 bits per heavy atom. The molecule has 0 bridgehead atoms. The van der Waals surface area contributed by atoms with Gasteiger partial charge in [-0.2, -0.15) is 4.31 Å². The Labute approximate surface area is 169 Å². The lowest BCUT2D eigenvalue weighted by atomic mass is 10.2. The number of nitrogens with zero attached hydrogens (tertiary/aromatic N) is 1. The minimum atomic E-state index is -4.15. The average molecular weight is 433 g/mol. The molecule has 29 heavy (non-hydrogen) atoms. The molecule has 2 atom stereocenters. The van der Waals surface area contributed by atoms with Gasteiger partial charge in [-0.05, 0) is 44.0 Å². The number of aliphatic hydroxyl groups is 1. The SMILES string of the molecule is CNC(=O)OCCCCN(C(NC(=O)O)C(C)O)S(=O)(=O)c1ccc(OC)cc1. The third kappa shape index (κ3) is 7.40. The molecule has 1 rings (SSSR count). The summed E-state index contributed by atoms with van der Waals surface area (Å²) in [5, 5.41) is 23.4. The number of sulfonamides is 1. The van der Waals surface area contributed by atoms with Crippen molar-refractivity contribution >= 4 is 22.2 Å². The third-order valence-electron chi connectivity index (χ3n) is 3.91. The molecule has 0 aliphatic heterocycles. The molecule has 12 heteroatoms. The first-order chi connectivity index (χ1) is 13.6. The molecular formula is C17H27N3O8S. The lowest BCUT2D eigenvalue weighted by molar-refractivity contribution is 0.0794. The van der Waals surface area contributed by atoms with Gasteiger partial charge < -0.3 is 30.3 Å². The number of carboxylic acid groups (broad SMARTS) is 1. The van der Waals surface area contributed by atoms with Crippen LogP contribution in [0.3, 0.4) is 0 Å². The molecule has 1 aromatic carbocycles. The van der Waals surface area contributed by atoms with Crippen LogP contribution < -0.4 is 15.4 Å². The Bertz CT molecular complexity index is 767. The Morgan fingerprint density at radius 3 is 2.31 bits per heavy atom. The van der Waals surface area contributed by atoms with Crippen molar-refractivity contribution in [2.24, 2.45) is 0 Å². The van der Waals surface area contributed by atoms with E-state index < -0.39 is 34.5 Å². The van der Waals surface area contributed by atoms with E-state index in [0.717, 1.165) is 4.31 Å². The summed E-state index contributed by atoms with van der Waals surface area (Å²) in [5.41, 5.74) is 0. The van der Waals surface area contributed by atoms with Gasteiger partial charge >= 0.3 is 12.2 Å². The van der Waals surface area contributed by atoms with Gasteiger partial charge in [0.1, 0.15) is 11.9 Å². The number of ether oxygens (including phenoxy) is 2. The van der Waals surface area contributed by atoms with E-state index in [4.69, 9.17) is 14.6 Å². The number of amides is 2. The van der Waals surface area contributed by atoms with Crippen molar-refractivity contribution < 1.29 is 37.7 Å². The molecule has 2 amide bonds. The van der Waals surface area contributed by atoms with Crippen molar-refractivity contribution in [1.82, 2.24) is 14.9 Å². The molecule has 1 aromatic rings. The van der Waals surface area contributed by atoms with E-state index in [0.29, 0.717) is 12.2 Å². The monoisotopic (exact) mass is 433 g/mol. The van der Waals surface area contributed by atoms with Gasteiger partial charge in [0.2, 0.25) is 10.0 Å². The van der Waals surface area contributed by atoms with Gasteiger partial charge in [-0.25, -0.2) is 18.0 Å². The van der Waals surface area contributed by atoms with E-state index in [1.54, 1.807) is 0 Å². The Balaban J connectivity index is 3.06. The van der Waals surface area contributed by atoms with Crippen molar-refractivity contribution in [1.29, 1.82) is 0 Å². The van der Waals surface area contributed by atoms with Crippen LogP contribution in [0.2, 0.25) is 0 Å². The molecule has 0 heterocycles. The van der Waals surface area contributed by atoms with Gasteiger partial charge in [-0.15, -0.1) is 0 Å². The number of benzene rings is 1. The predicted molar refractivity (Wildman–Crippen MR) is 103 cm³/mol. The van der Waals surface area contributed by atoms with Gasteiger partial charge in [0, 0.05) is 13.6 Å². The van der Waals surface area contributed by atoms with E-state index in [9.17, 15) is 23.1 Å². The van der Waals surface area contributed by atoms with Gasteiger partial charge in [0.25, 0.3) is 0 Å². The average Bonchev–Trinajstić information content (AvgIpc) is 2.68. The summed E-state index contributed by atoms with van der Waals surface area (Å²) in [7, 11) is -1.30. The fourth-order valence-electron chi connectivity index (χ4n) is 2.46. The van der Waals surface area contributed by atoms with Crippen molar-refractivity contribution in [2.75, 3.05) is 27.3 Å². The quantitative estimate of drug-likeness (QED) is 0.295. The number of alkyl carbamates (subject to hydrolysis) is 1. The number of aliphatic hydroxyl groups excluding tert-OH is 1. The number of rotatable bonds is 11. The molecule has 2 unspecified atom stereocenters. The van der Waals surface area contributed by atoms with Crippen LogP contribution in [0, 0.1) is 0 Å². The Kier molecular flexibility index (Phi) is 9.65. The maximum atomic E-state index is 13.1. The largest absolute Gasteiger partial charge is 0.497 e. The standard InChI is InChI=1S/C17H27N3O8S/c1-12(21)15(19-16(22)23)20(10-4-5-11-28-17(24)18-2)29(25,26)14-8-6-13(27-3)7-9-14/h6-9,12,15,19,21H,4-5,10-11H2,1-3H3,(H,18,24)(H,22,23). The summed E-state index contributed by atoms with van der Waals surface area (Å²) in [6.45, 7) is 1.23.